The number of nitrogens with one attached hydrogen (secondary N) is 1. The molecule has 0 amide bonds. The number of fused-ring (bicyclic) bond motifs is 1. The lowest BCUT2D eigenvalue weighted by Crippen LogP contribution is -2.07. The van der Waals surface area contributed by atoms with Crippen molar-refractivity contribution in [3.8, 4) is 0 Å². The molecule has 1 atom stereocenters. The van der Waals surface area contributed by atoms with Crippen molar-refractivity contribution in [2.75, 3.05) is 5.32 Å². The van der Waals surface area contributed by atoms with Crippen LogP contribution in [0.3, 0.4) is 0 Å². The van der Waals surface area contributed by atoms with Gasteiger partial charge in [-0.3, -0.25) is 0 Å². The third-order valence-electron chi connectivity index (χ3n) is 3.79. The lowest BCUT2D eigenvalue weighted by molar-refractivity contribution is 0.894. The molecule has 1 N–H and O–H groups in total. The molecule has 0 fully saturated rings. The molecule has 21 heavy (non-hydrogen) atoms. The highest BCUT2D eigenvalue weighted by Gasteiger charge is 2.10. The summed E-state index contributed by atoms with van der Waals surface area (Å²) in [5.41, 5.74) is 3.43. The smallest absolute Gasteiger partial charge is 0.0640 e. The zero-order valence-corrected chi connectivity index (χ0v) is 13.0. The quantitative estimate of drug-likeness (QED) is 0.627. The van der Waals surface area contributed by atoms with E-state index in [1.807, 2.05) is 19.1 Å². The zero-order chi connectivity index (χ0) is 14.8. The molecular weight excluding hydrogens is 278 g/mol. The highest BCUT2D eigenvalue weighted by Crippen LogP contribution is 2.30. The molecule has 3 aromatic carbocycles. The highest BCUT2D eigenvalue weighted by molar-refractivity contribution is 6.33. The summed E-state index contributed by atoms with van der Waals surface area (Å²) in [4.78, 5) is 0. The maximum Gasteiger partial charge on any atom is 0.0640 e. The first-order valence-electron chi connectivity index (χ1n) is 7.15. The molecule has 0 bridgehead atoms. The summed E-state index contributed by atoms with van der Waals surface area (Å²) in [6, 6.07) is 21.2. The van der Waals surface area contributed by atoms with E-state index in [9.17, 15) is 0 Å². The van der Waals surface area contributed by atoms with Crippen molar-refractivity contribution >= 4 is 28.1 Å². The van der Waals surface area contributed by atoms with Crippen LogP contribution < -0.4 is 5.32 Å². The number of aryl methyl sites for hydroxylation is 1. The number of benzene rings is 3. The predicted molar refractivity (Wildman–Crippen MR) is 92.2 cm³/mol. The summed E-state index contributed by atoms with van der Waals surface area (Å²) < 4.78 is 0. The zero-order valence-electron chi connectivity index (χ0n) is 12.2. The first-order chi connectivity index (χ1) is 10.1. The van der Waals surface area contributed by atoms with Gasteiger partial charge in [-0.15, -0.1) is 0 Å². The Bertz CT molecular complexity index is 774. The highest BCUT2D eigenvalue weighted by atomic mass is 35.5. The Morgan fingerprint density at radius 3 is 2.52 bits per heavy atom. The monoisotopic (exact) mass is 295 g/mol. The molecule has 2 heteroatoms. The molecule has 0 saturated carbocycles. The molecule has 0 radical (unpaired) electrons. The lowest BCUT2D eigenvalue weighted by atomic mass is 9.99. The van der Waals surface area contributed by atoms with Crippen LogP contribution in [0, 0.1) is 6.92 Å². The molecule has 1 nitrogen and oxygen atoms in total. The summed E-state index contributed by atoms with van der Waals surface area (Å²) in [6.45, 7) is 4.21. The van der Waals surface area contributed by atoms with E-state index in [1.165, 1.54) is 21.9 Å². The molecule has 0 spiro atoms. The van der Waals surface area contributed by atoms with Crippen molar-refractivity contribution in [1.82, 2.24) is 0 Å². The SMILES string of the molecule is Cc1ccc(NC(C)c2cccc3ccccc23)c(Cl)c1. The molecular formula is C19H18ClN. The van der Waals surface area contributed by atoms with Gasteiger partial charge < -0.3 is 5.32 Å². The average Bonchev–Trinajstić information content (AvgIpc) is 2.49. The third-order valence-corrected chi connectivity index (χ3v) is 4.10. The van der Waals surface area contributed by atoms with E-state index in [4.69, 9.17) is 11.6 Å². The van der Waals surface area contributed by atoms with E-state index in [2.05, 4.69) is 60.8 Å². The number of hydrogen-bond donors (Lipinski definition) is 1. The van der Waals surface area contributed by atoms with Crippen LogP contribution in [0.25, 0.3) is 10.8 Å². The molecule has 0 aliphatic heterocycles. The van der Waals surface area contributed by atoms with Crippen LogP contribution in [-0.4, -0.2) is 0 Å². The van der Waals surface area contributed by atoms with Crippen molar-refractivity contribution in [2.45, 2.75) is 19.9 Å². The van der Waals surface area contributed by atoms with E-state index in [-0.39, 0.29) is 6.04 Å². The third kappa shape index (κ3) is 2.88. The van der Waals surface area contributed by atoms with Gasteiger partial charge in [0.1, 0.15) is 0 Å². The molecule has 1 unspecified atom stereocenters. The number of anilines is 1. The van der Waals surface area contributed by atoms with Gasteiger partial charge in [-0.25, -0.2) is 0 Å². The fourth-order valence-electron chi connectivity index (χ4n) is 2.68. The van der Waals surface area contributed by atoms with Crippen molar-refractivity contribution in [2.24, 2.45) is 0 Å². The molecule has 0 aliphatic carbocycles. The Kier molecular flexibility index (Phi) is 3.85. The van der Waals surface area contributed by atoms with Gasteiger partial charge >= 0.3 is 0 Å². The van der Waals surface area contributed by atoms with Crippen LogP contribution >= 0.6 is 11.6 Å². The molecule has 0 saturated heterocycles. The number of rotatable bonds is 3. The van der Waals surface area contributed by atoms with Crippen LogP contribution in [0.4, 0.5) is 5.69 Å². The van der Waals surface area contributed by atoms with Crippen LogP contribution in [-0.2, 0) is 0 Å². The van der Waals surface area contributed by atoms with Crippen molar-refractivity contribution < 1.29 is 0 Å². The molecule has 0 aliphatic rings. The first kappa shape index (κ1) is 14.0. The lowest BCUT2D eigenvalue weighted by Gasteiger charge is -2.19. The maximum absolute atomic E-state index is 6.32. The maximum atomic E-state index is 6.32. The Labute approximate surface area is 130 Å². The number of hydrogen-bond acceptors (Lipinski definition) is 1. The summed E-state index contributed by atoms with van der Waals surface area (Å²) >= 11 is 6.32. The van der Waals surface area contributed by atoms with Crippen LogP contribution in [0.1, 0.15) is 24.1 Å². The van der Waals surface area contributed by atoms with E-state index >= 15 is 0 Å². The van der Waals surface area contributed by atoms with Crippen LogP contribution in [0.2, 0.25) is 5.02 Å². The van der Waals surface area contributed by atoms with Gasteiger partial charge in [0, 0.05) is 6.04 Å². The van der Waals surface area contributed by atoms with Gasteiger partial charge in [0.05, 0.1) is 10.7 Å². The van der Waals surface area contributed by atoms with Crippen molar-refractivity contribution in [1.29, 1.82) is 0 Å². The van der Waals surface area contributed by atoms with Gasteiger partial charge in [-0.2, -0.15) is 0 Å². The second kappa shape index (κ2) is 5.79. The van der Waals surface area contributed by atoms with E-state index in [1.54, 1.807) is 0 Å². The van der Waals surface area contributed by atoms with Crippen LogP contribution in [0.5, 0.6) is 0 Å². The molecule has 0 aromatic heterocycles. The van der Waals surface area contributed by atoms with E-state index < -0.39 is 0 Å². The number of halogens is 1. The molecule has 0 heterocycles. The standard InChI is InChI=1S/C19H18ClN/c1-13-10-11-19(18(20)12-13)21-14(2)16-9-5-7-15-6-3-4-8-17(15)16/h3-12,14,21H,1-2H3. The molecule has 3 rings (SSSR count). The van der Waals surface area contributed by atoms with Gasteiger partial charge in [-0.05, 0) is 47.9 Å². The fourth-order valence-corrected chi connectivity index (χ4v) is 2.97. The Balaban J connectivity index is 1.95. The summed E-state index contributed by atoms with van der Waals surface area (Å²) in [5.74, 6) is 0. The second-order valence-corrected chi connectivity index (χ2v) is 5.82. The minimum atomic E-state index is 0.191. The Hall–Kier alpha value is -1.99. The van der Waals surface area contributed by atoms with Gasteiger partial charge in [-0.1, -0.05) is 60.1 Å². The fraction of sp³-hybridized carbons (Fsp3) is 0.158. The van der Waals surface area contributed by atoms with Crippen molar-refractivity contribution in [3.63, 3.8) is 0 Å². The minimum absolute atomic E-state index is 0.191. The molecule has 106 valence electrons. The van der Waals surface area contributed by atoms with Crippen LogP contribution in [0.15, 0.2) is 60.7 Å². The van der Waals surface area contributed by atoms with Gasteiger partial charge in [0.15, 0.2) is 0 Å². The first-order valence-corrected chi connectivity index (χ1v) is 7.53. The Morgan fingerprint density at radius 2 is 1.71 bits per heavy atom. The van der Waals surface area contributed by atoms with E-state index in [0.717, 1.165) is 10.7 Å². The average molecular weight is 296 g/mol. The van der Waals surface area contributed by atoms with Gasteiger partial charge in [0.25, 0.3) is 0 Å². The van der Waals surface area contributed by atoms with Gasteiger partial charge in [0.2, 0.25) is 0 Å². The summed E-state index contributed by atoms with van der Waals surface area (Å²) in [6.07, 6.45) is 0. The Morgan fingerprint density at radius 1 is 0.952 bits per heavy atom. The topological polar surface area (TPSA) is 12.0 Å². The molecule has 3 aromatic rings. The largest absolute Gasteiger partial charge is 0.377 e. The summed E-state index contributed by atoms with van der Waals surface area (Å²) in [7, 11) is 0. The summed E-state index contributed by atoms with van der Waals surface area (Å²) in [5, 5.41) is 6.82. The minimum Gasteiger partial charge on any atom is -0.377 e. The predicted octanol–water partition coefficient (Wildman–Crippen LogP) is 5.97. The second-order valence-electron chi connectivity index (χ2n) is 5.42. The van der Waals surface area contributed by atoms with Crippen molar-refractivity contribution in [3.05, 3.63) is 76.8 Å². The normalized spacial score (nSPS) is 12.3. The van der Waals surface area contributed by atoms with E-state index in [0.29, 0.717) is 0 Å².